The molecular weight excluding hydrogens is 264 g/mol. The summed E-state index contributed by atoms with van der Waals surface area (Å²) in [5, 5.41) is 7.46. The highest BCUT2D eigenvalue weighted by Gasteiger charge is 2.03. The number of aromatic nitrogens is 2. The van der Waals surface area contributed by atoms with E-state index in [-0.39, 0.29) is 0 Å². The Morgan fingerprint density at radius 1 is 1.11 bits per heavy atom. The molecule has 0 unspecified atom stereocenters. The van der Waals surface area contributed by atoms with Crippen LogP contribution in [0.1, 0.15) is 19.8 Å². The Labute approximate surface area is 118 Å². The minimum absolute atomic E-state index is 0.809. The zero-order valence-corrected chi connectivity index (χ0v) is 13.0. The van der Waals surface area contributed by atoms with Gasteiger partial charge in [0, 0.05) is 19.2 Å². The largest absolute Gasteiger partial charge is 0.370 e. The third-order valence-electron chi connectivity index (χ3n) is 2.28. The number of hydrogen-bond acceptors (Lipinski definition) is 6. The van der Waals surface area contributed by atoms with Crippen molar-refractivity contribution >= 4 is 35.2 Å². The fraction of sp³-hybridized carbons (Fsp3) is 0.667. The third-order valence-corrected chi connectivity index (χ3v) is 3.52. The van der Waals surface area contributed by atoms with E-state index in [1.54, 1.807) is 11.8 Å². The highest BCUT2D eigenvalue weighted by atomic mass is 32.2. The molecule has 102 valence electrons. The van der Waals surface area contributed by atoms with Crippen molar-refractivity contribution in [2.75, 3.05) is 42.0 Å². The van der Waals surface area contributed by atoms with Gasteiger partial charge >= 0.3 is 0 Å². The number of hydrogen-bond donors (Lipinski definition) is 2. The molecule has 6 heteroatoms. The number of nitrogens with one attached hydrogen (secondary N) is 2. The molecule has 1 rings (SSSR count). The zero-order valence-electron chi connectivity index (χ0n) is 11.3. The molecule has 0 fully saturated rings. The number of nitrogens with zero attached hydrogens (tertiary/aromatic N) is 2. The van der Waals surface area contributed by atoms with Gasteiger partial charge in [-0.15, -0.1) is 0 Å². The Morgan fingerprint density at radius 3 is 2.33 bits per heavy atom. The SMILES string of the molecule is CCCNc1cc(NCCCSC)nc(SC)n1. The number of anilines is 2. The van der Waals surface area contributed by atoms with Gasteiger partial charge in [-0.3, -0.25) is 0 Å². The first-order valence-corrected chi connectivity index (χ1v) is 8.81. The molecule has 0 saturated heterocycles. The first-order chi connectivity index (χ1) is 8.80. The van der Waals surface area contributed by atoms with Gasteiger partial charge in [0.15, 0.2) is 5.16 Å². The van der Waals surface area contributed by atoms with Crippen LogP contribution in [0.25, 0.3) is 0 Å². The monoisotopic (exact) mass is 286 g/mol. The van der Waals surface area contributed by atoms with Gasteiger partial charge < -0.3 is 10.6 Å². The molecule has 0 aliphatic rings. The van der Waals surface area contributed by atoms with Crippen LogP contribution in [0.2, 0.25) is 0 Å². The van der Waals surface area contributed by atoms with Crippen molar-refractivity contribution in [1.29, 1.82) is 0 Å². The minimum Gasteiger partial charge on any atom is -0.370 e. The van der Waals surface area contributed by atoms with Crippen LogP contribution in [-0.4, -0.2) is 41.3 Å². The normalized spacial score (nSPS) is 10.4. The van der Waals surface area contributed by atoms with E-state index >= 15 is 0 Å². The first-order valence-electron chi connectivity index (χ1n) is 6.20. The molecule has 0 bridgehead atoms. The van der Waals surface area contributed by atoms with E-state index in [0.717, 1.165) is 42.7 Å². The van der Waals surface area contributed by atoms with Crippen LogP contribution in [0, 0.1) is 0 Å². The molecule has 4 nitrogen and oxygen atoms in total. The lowest BCUT2D eigenvalue weighted by molar-refractivity contribution is 0.912. The standard InChI is InChI=1S/C12H22N4S2/c1-4-6-13-10-9-11(14-7-5-8-17-2)16-12(15-10)18-3/h9H,4-8H2,1-3H3,(H2,13,14,15,16). The predicted molar refractivity (Wildman–Crippen MR) is 84.1 cm³/mol. The highest BCUT2D eigenvalue weighted by molar-refractivity contribution is 7.98. The van der Waals surface area contributed by atoms with Crippen LogP contribution in [0.3, 0.4) is 0 Å². The van der Waals surface area contributed by atoms with Crippen LogP contribution in [-0.2, 0) is 0 Å². The third kappa shape index (κ3) is 5.82. The summed E-state index contributed by atoms with van der Waals surface area (Å²) in [5.41, 5.74) is 0. The Kier molecular flexibility index (Phi) is 8.00. The molecule has 0 amide bonds. The summed E-state index contributed by atoms with van der Waals surface area (Å²) in [6.45, 7) is 4.04. The molecule has 1 aromatic heterocycles. The molecule has 0 atom stereocenters. The van der Waals surface area contributed by atoms with Gasteiger partial charge in [-0.2, -0.15) is 11.8 Å². The maximum Gasteiger partial charge on any atom is 0.191 e. The highest BCUT2D eigenvalue weighted by Crippen LogP contribution is 2.17. The molecule has 0 saturated carbocycles. The lowest BCUT2D eigenvalue weighted by Gasteiger charge is -2.09. The Hall–Kier alpha value is -0.620. The lowest BCUT2D eigenvalue weighted by atomic mass is 10.4. The van der Waals surface area contributed by atoms with Crippen molar-refractivity contribution in [1.82, 2.24) is 9.97 Å². The molecule has 18 heavy (non-hydrogen) atoms. The average Bonchev–Trinajstić information content (AvgIpc) is 2.41. The van der Waals surface area contributed by atoms with Gasteiger partial charge in [0.2, 0.25) is 0 Å². The van der Waals surface area contributed by atoms with Crippen molar-refractivity contribution in [3.8, 4) is 0 Å². The second-order valence-electron chi connectivity index (χ2n) is 3.83. The summed E-state index contributed by atoms with van der Waals surface area (Å²) in [6, 6.07) is 1.98. The lowest BCUT2D eigenvalue weighted by Crippen LogP contribution is -2.08. The molecule has 0 aromatic carbocycles. The van der Waals surface area contributed by atoms with Crippen molar-refractivity contribution in [2.24, 2.45) is 0 Å². The topological polar surface area (TPSA) is 49.8 Å². The van der Waals surface area contributed by atoms with Crippen LogP contribution >= 0.6 is 23.5 Å². The predicted octanol–water partition coefficient (Wildman–Crippen LogP) is 3.19. The van der Waals surface area contributed by atoms with Crippen molar-refractivity contribution < 1.29 is 0 Å². The number of thioether (sulfide) groups is 2. The van der Waals surface area contributed by atoms with Gasteiger partial charge in [-0.05, 0) is 31.1 Å². The quantitative estimate of drug-likeness (QED) is 0.413. The van der Waals surface area contributed by atoms with E-state index in [9.17, 15) is 0 Å². The second-order valence-corrected chi connectivity index (χ2v) is 5.58. The van der Waals surface area contributed by atoms with Gasteiger partial charge in [-0.1, -0.05) is 18.7 Å². The molecular formula is C12H22N4S2. The smallest absolute Gasteiger partial charge is 0.191 e. The molecule has 2 N–H and O–H groups in total. The maximum absolute atomic E-state index is 4.45. The summed E-state index contributed by atoms with van der Waals surface area (Å²) in [4.78, 5) is 8.88. The van der Waals surface area contributed by atoms with Gasteiger partial charge in [-0.25, -0.2) is 9.97 Å². The van der Waals surface area contributed by atoms with E-state index < -0.39 is 0 Å². The molecule has 1 aromatic rings. The maximum atomic E-state index is 4.45. The summed E-state index contributed by atoms with van der Waals surface area (Å²) >= 11 is 3.44. The van der Waals surface area contributed by atoms with Gasteiger partial charge in [0.1, 0.15) is 11.6 Å². The molecule has 0 aliphatic heterocycles. The Bertz CT molecular complexity index is 347. The van der Waals surface area contributed by atoms with Crippen LogP contribution in [0.15, 0.2) is 11.2 Å². The van der Waals surface area contributed by atoms with Crippen molar-refractivity contribution in [3.05, 3.63) is 6.07 Å². The van der Waals surface area contributed by atoms with Crippen molar-refractivity contribution in [3.63, 3.8) is 0 Å². The minimum atomic E-state index is 0.809. The van der Waals surface area contributed by atoms with Crippen LogP contribution in [0.4, 0.5) is 11.6 Å². The molecule has 1 heterocycles. The van der Waals surface area contributed by atoms with Crippen molar-refractivity contribution in [2.45, 2.75) is 24.9 Å². The fourth-order valence-electron chi connectivity index (χ4n) is 1.38. The van der Waals surface area contributed by atoms with E-state index in [2.05, 4.69) is 33.8 Å². The van der Waals surface area contributed by atoms with E-state index in [1.165, 1.54) is 5.75 Å². The molecule has 0 aliphatic carbocycles. The van der Waals surface area contributed by atoms with E-state index in [0.29, 0.717) is 0 Å². The van der Waals surface area contributed by atoms with E-state index in [4.69, 9.17) is 0 Å². The summed E-state index contributed by atoms with van der Waals surface area (Å²) in [6.07, 6.45) is 6.37. The molecule has 0 spiro atoms. The van der Waals surface area contributed by atoms with Crippen LogP contribution < -0.4 is 10.6 Å². The molecule has 0 radical (unpaired) electrons. The fourth-order valence-corrected chi connectivity index (χ4v) is 2.20. The summed E-state index contributed by atoms with van der Waals surface area (Å²) in [5.74, 6) is 2.99. The van der Waals surface area contributed by atoms with E-state index in [1.807, 2.05) is 24.1 Å². The Balaban J connectivity index is 2.58. The van der Waals surface area contributed by atoms with Gasteiger partial charge in [0.25, 0.3) is 0 Å². The zero-order chi connectivity index (χ0) is 13.2. The second kappa shape index (κ2) is 9.33. The average molecular weight is 286 g/mol. The first kappa shape index (κ1) is 15.4. The van der Waals surface area contributed by atoms with Crippen LogP contribution in [0.5, 0.6) is 0 Å². The summed E-state index contributed by atoms with van der Waals surface area (Å²) in [7, 11) is 0. The van der Waals surface area contributed by atoms with Gasteiger partial charge in [0.05, 0.1) is 0 Å². The Morgan fingerprint density at radius 2 is 1.78 bits per heavy atom. The summed E-state index contributed by atoms with van der Waals surface area (Å²) < 4.78 is 0. The number of rotatable bonds is 9.